The number of carbonyl (C=O) groups excluding carboxylic acids is 1. The summed E-state index contributed by atoms with van der Waals surface area (Å²) in [7, 11) is 0. The van der Waals surface area contributed by atoms with Crippen molar-refractivity contribution in [1.29, 1.82) is 0 Å². The summed E-state index contributed by atoms with van der Waals surface area (Å²) >= 11 is 0. The molecule has 3 heteroatoms. The molecular weight excluding hydrogens is 154 g/mol. The van der Waals surface area contributed by atoms with Crippen LogP contribution in [0.2, 0.25) is 0 Å². The van der Waals surface area contributed by atoms with Crippen LogP contribution < -0.4 is 5.73 Å². The molecule has 0 aliphatic heterocycles. The Balaban J connectivity index is 3.10. The van der Waals surface area contributed by atoms with Crippen LogP contribution in [0.15, 0.2) is 0 Å². The smallest absolute Gasteiger partial charge is 0.305 e. The Hall–Kier alpha value is -0.570. The van der Waals surface area contributed by atoms with Crippen LogP contribution >= 0.6 is 0 Å². The maximum Gasteiger partial charge on any atom is 0.305 e. The molecular formula is C9H19NO2. The Bertz CT molecular complexity index is 103. The summed E-state index contributed by atoms with van der Waals surface area (Å²) in [4.78, 5) is 10.9. The molecule has 0 rings (SSSR count). The number of nitrogens with two attached hydrogens (primary N) is 1. The van der Waals surface area contributed by atoms with Crippen LogP contribution in [0.1, 0.15) is 39.0 Å². The number of hydrogen-bond donors (Lipinski definition) is 1. The van der Waals surface area contributed by atoms with E-state index in [1.165, 1.54) is 0 Å². The largest absolute Gasteiger partial charge is 0.466 e. The van der Waals surface area contributed by atoms with E-state index in [-0.39, 0.29) is 5.97 Å². The number of hydrogen-bond acceptors (Lipinski definition) is 3. The third-order valence-electron chi connectivity index (χ3n) is 1.60. The number of ether oxygens (including phenoxy) is 1. The predicted octanol–water partition coefficient (Wildman–Crippen LogP) is 1.46. The summed E-state index contributed by atoms with van der Waals surface area (Å²) in [5.74, 6) is -0.0862. The van der Waals surface area contributed by atoms with E-state index < -0.39 is 0 Å². The standard InChI is InChI=1S/C9H19NO2/c1-2-3-8-12-9(11)6-4-5-7-10/h2-8,10H2,1H3. The van der Waals surface area contributed by atoms with Crippen LogP contribution in [-0.4, -0.2) is 19.1 Å². The van der Waals surface area contributed by atoms with Crippen LogP contribution in [0.3, 0.4) is 0 Å². The van der Waals surface area contributed by atoms with Gasteiger partial charge in [0.05, 0.1) is 6.61 Å². The molecule has 0 spiro atoms. The van der Waals surface area contributed by atoms with Gasteiger partial charge in [-0.05, 0) is 25.8 Å². The van der Waals surface area contributed by atoms with Crippen molar-refractivity contribution in [2.24, 2.45) is 5.73 Å². The zero-order chi connectivity index (χ0) is 9.23. The van der Waals surface area contributed by atoms with Gasteiger partial charge in [0.15, 0.2) is 0 Å². The quantitative estimate of drug-likeness (QED) is 0.468. The highest BCUT2D eigenvalue weighted by molar-refractivity contribution is 5.69. The second kappa shape index (κ2) is 8.53. The van der Waals surface area contributed by atoms with Gasteiger partial charge in [-0.15, -0.1) is 0 Å². The van der Waals surface area contributed by atoms with E-state index in [4.69, 9.17) is 10.5 Å². The fourth-order valence-corrected chi connectivity index (χ4v) is 0.816. The van der Waals surface area contributed by atoms with Crippen molar-refractivity contribution in [3.05, 3.63) is 0 Å². The molecule has 12 heavy (non-hydrogen) atoms. The highest BCUT2D eigenvalue weighted by Gasteiger charge is 2.00. The fourth-order valence-electron chi connectivity index (χ4n) is 0.816. The minimum Gasteiger partial charge on any atom is -0.466 e. The maximum absolute atomic E-state index is 10.9. The van der Waals surface area contributed by atoms with E-state index in [2.05, 4.69) is 6.92 Å². The number of rotatable bonds is 7. The lowest BCUT2D eigenvalue weighted by Gasteiger charge is -2.02. The molecule has 3 nitrogen and oxygen atoms in total. The molecule has 0 radical (unpaired) electrons. The van der Waals surface area contributed by atoms with E-state index in [1.54, 1.807) is 0 Å². The molecule has 0 aliphatic rings. The molecule has 0 saturated heterocycles. The zero-order valence-corrected chi connectivity index (χ0v) is 7.84. The summed E-state index contributed by atoms with van der Waals surface area (Å²) in [5, 5.41) is 0. The molecule has 0 saturated carbocycles. The first-order valence-corrected chi connectivity index (χ1v) is 4.67. The van der Waals surface area contributed by atoms with Gasteiger partial charge in [0.2, 0.25) is 0 Å². The molecule has 0 unspecified atom stereocenters. The molecule has 2 N–H and O–H groups in total. The van der Waals surface area contributed by atoms with Crippen LogP contribution in [0.25, 0.3) is 0 Å². The second-order valence-corrected chi connectivity index (χ2v) is 2.82. The van der Waals surface area contributed by atoms with Crippen molar-refractivity contribution in [2.45, 2.75) is 39.0 Å². The van der Waals surface area contributed by atoms with Gasteiger partial charge in [-0.2, -0.15) is 0 Å². The van der Waals surface area contributed by atoms with Crippen LogP contribution in [0, 0.1) is 0 Å². The molecule has 0 bridgehead atoms. The topological polar surface area (TPSA) is 52.3 Å². The van der Waals surface area contributed by atoms with Crippen molar-refractivity contribution in [3.63, 3.8) is 0 Å². The first-order chi connectivity index (χ1) is 5.81. The van der Waals surface area contributed by atoms with Gasteiger partial charge in [0.1, 0.15) is 0 Å². The second-order valence-electron chi connectivity index (χ2n) is 2.82. The summed E-state index contributed by atoms with van der Waals surface area (Å²) in [6.07, 6.45) is 4.30. The molecule has 0 aromatic rings. The summed E-state index contributed by atoms with van der Waals surface area (Å²) in [6, 6.07) is 0. The van der Waals surface area contributed by atoms with Crippen molar-refractivity contribution in [3.8, 4) is 0 Å². The molecule has 0 aromatic heterocycles. The molecule has 0 amide bonds. The summed E-state index contributed by atoms with van der Waals surface area (Å²) in [5.41, 5.74) is 5.28. The summed E-state index contributed by atoms with van der Waals surface area (Å²) < 4.78 is 4.95. The van der Waals surface area contributed by atoms with E-state index >= 15 is 0 Å². The van der Waals surface area contributed by atoms with Crippen molar-refractivity contribution in [1.82, 2.24) is 0 Å². The van der Waals surface area contributed by atoms with Crippen molar-refractivity contribution < 1.29 is 9.53 Å². The summed E-state index contributed by atoms with van der Waals surface area (Å²) in [6.45, 7) is 3.29. The van der Waals surface area contributed by atoms with Gasteiger partial charge < -0.3 is 10.5 Å². The van der Waals surface area contributed by atoms with Gasteiger partial charge in [0.25, 0.3) is 0 Å². The Morgan fingerprint density at radius 1 is 1.33 bits per heavy atom. The van der Waals surface area contributed by atoms with Gasteiger partial charge in [-0.25, -0.2) is 0 Å². The molecule has 0 fully saturated rings. The number of unbranched alkanes of at least 4 members (excludes halogenated alkanes) is 2. The monoisotopic (exact) mass is 173 g/mol. The third kappa shape index (κ3) is 7.54. The fraction of sp³-hybridized carbons (Fsp3) is 0.889. The Labute approximate surface area is 74.3 Å². The van der Waals surface area contributed by atoms with E-state index in [0.29, 0.717) is 19.6 Å². The SMILES string of the molecule is CCCCOC(=O)CCCCN. The highest BCUT2D eigenvalue weighted by Crippen LogP contribution is 1.97. The number of carbonyl (C=O) groups is 1. The van der Waals surface area contributed by atoms with E-state index in [1.807, 2.05) is 0 Å². The predicted molar refractivity (Wildman–Crippen MR) is 48.8 cm³/mol. The van der Waals surface area contributed by atoms with Crippen molar-refractivity contribution in [2.75, 3.05) is 13.2 Å². The van der Waals surface area contributed by atoms with Crippen LogP contribution in [-0.2, 0) is 9.53 Å². The number of esters is 1. The Kier molecular flexibility index (Phi) is 8.12. The Morgan fingerprint density at radius 2 is 2.08 bits per heavy atom. The Morgan fingerprint density at radius 3 is 2.67 bits per heavy atom. The normalized spacial score (nSPS) is 9.83. The molecule has 0 heterocycles. The van der Waals surface area contributed by atoms with Gasteiger partial charge in [-0.3, -0.25) is 4.79 Å². The molecule has 0 atom stereocenters. The van der Waals surface area contributed by atoms with Gasteiger partial charge >= 0.3 is 5.97 Å². The highest BCUT2D eigenvalue weighted by atomic mass is 16.5. The van der Waals surface area contributed by atoms with E-state index in [0.717, 1.165) is 25.7 Å². The lowest BCUT2D eigenvalue weighted by molar-refractivity contribution is -0.143. The maximum atomic E-state index is 10.9. The van der Waals surface area contributed by atoms with Crippen molar-refractivity contribution >= 4 is 5.97 Å². The molecule has 72 valence electrons. The zero-order valence-electron chi connectivity index (χ0n) is 7.84. The van der Waals surface area contributed by atoms with E-state index in [9.17, 15) is 4.79 Å². The first-order valence-electron chi connectivity index (χ1n) is 4.67. The first kappa shape index (κ1) is 11.4. The molecule has 0 aromatic carbocycles. The van der Waals surface area contributed by atoms with Crippen LogP contribution in [0.4, 0.5) is 0 Å². The van der Waals surface area contributed by atoms with Gasteiger partial charge in [0, 0.05) is 6.42 Å². The van der Waals surface area contributed by atoms with Crippen LogP contribution in [0.5, 0.6) is 0 Å². The lowest BCUT2D eigenvalue weighted by Crippen LogP contribution is -2.06. The average molecular weight is 173 g/mol. The van der Waals surface area contributed by atoms with Gasteiger partial charge in [-0.1, -0.05) is 13.3 Å². The average Bonchev–Trinajstić information content (AvgIpc) is 2.06. The minimum absolute atomic E-state index is 0.0862. The molecule has 0 aliphatic carbocycles. The lowest BCUT2D eigenvalue weighted by atomic mass is 10.2. The third-order valence-corrected chi connectivity index (χ3v) is 1.60. The minimum atomic E-state index is -0.0862.